The predicted molar refractivity (Wildman–Crippen MR) is 74.9 cm³/mol. The van der Waals surface area contributed by atoms with Crippen molar-refractivity contribution in [1.82, 2.24) is 14.7 Å². The molecule has 0 unspecified atom stereocenters. The molecule has 0 amide bonds. The minimum Gasteiger partial charge on any atom is -0.288 e. The molecule has 0 spiro atoms. The lowest BCUT2D eigenvalue weighted by molar-refractivity contribution is -0.146. The van der Waals surface area contributed by atoms with Gasteiger partial charge in [-0.15, -0.1) is 0 Å². The minimum absolute atomic E-state index is 0.241. The van der Waals surface area contributed by atoms with Gasteiger partial charge in [0.1, 0.15) is 0 Å². The van der Waals surface area contributed by atoms with Crippen molar-refractivity contribution in [1.29, 1.82) is 0 Å². The number of hydrogen-bond donors (Lipinski definition) is 0. The van der Waals surface area contributed by atoms with Crippen LogP contribution in [0.5, 0.6) is 0 Å². The Morgan fingerprint density at radius 3 is 2.65 bits per heavy atom. The molecule has 0 aromatic carbocycles. The summed E-state index contributed by atoms with van der Waals surface area (Å²) in [6, 6.07) is 2.26. The van der Waals surface area contributed by atoms with Gasteiger partial charge >= 0.3 is 6.18 Å². The van der Waals surface area contributed by atoms with Crippen molar-refractivity contribution in [2.45, 2.75) is 44.4 Å². The standard InChI is InChI=1S/C13H19BrF3N3/c14-6-8-19(10-13(15,16)17)9-11-5-7-20(18-11)12-3-1-2-4-12/h5,7,12H,1-4,6,8-10H2. The maximum atomic E-state index is 12.5. The molecule has 1 aromatic rings. The lowest BCUT2D eigenvalue weighted by atomic mass is 10.3. The zero-order chi connectivity index (χ0) is 14.6. The van der Waals surface area contributed by atoms with Crippen LogP contribution in [0.1, 0.15) is 37.4 Å². The summed E-state index contributed by atoms with van der Waals surface area (Å²) in [5.74, 6) is 0. The van der Waals surface area contributed by atoms with E-state index in [1.807, 2.05) is 16.9 Å². The Bertz CT molecular complexity index is 413. The van der Waals surface area contributed by atoms with Crippen molar-refractivity contribution in [2.24, 2.45) is 0 Å². The highest BCUT2D eigenvalue weighted by atomic mass is 79.9. The van der Waals surface area contributed by atoms with Gasteiger partial charge in [-0.25, -0.2) is 0 Å². The Morgan fingerprint density at radius 1 is 1.35 bits per heavy atom. The summed E-state index contributed by atoms with van der Waals surface area (Å²) < 4.78 is 39.4. The SMILES string of the molecule is FC(F)(F)CN(CCBr)Cc1ccn(C2CCCC2)n1. The molecule has 1 fully saturated rings. The van der Waals surface area contributed by atoms with Gasteiger partial charge in [0.15, 0.2) is 0 Å². The van der Waals surface area contributed by atoms with Gasteiger partial charge in [0, 0.05) is 24.6 Å². The Labute approximate surface area is 125 Å². The second-order valence-corrected chi connectivity index (χ2v) is 6.03. The van der Waals surface area contributed by atoms with E-state index in [0.717, 1.165) is 12.8 Å². The van der Waals surface area contributed by atoms with Crippen LogP contribution in [-0.2, 0) is 6.54 Å². The summed E-state index contributed by atoms with van der Waals surface area (Å²) in [5, 5.41) is 4.96. The zero-order valence-electron chi connectivity index (χ0n) is 11.2. The Morgan fingerprint density at radius 2 is 2.05 bits per heavy atom. The minimum atomic E-state index is -4.17. The van der Waals surface area contributed by atoms with Gasteiger partial charge in [0.25, 0.3) is 0 Å². The van der Waals surface area contributed by atoms with Crippen LogP contribution in [0.3, 0.4) is 0 Å². The van der Waals surface area contributed by atoms with E-state index in [0.29, 0.717) is 23.6 Å². The fourth-order valence-corrected chi connectivity index (χ4v) is 3.15. The molecule has 1 aliphatic carbocycles. The van der Waals surface area contributed by atoms with E-state index in [1.54, 1.807) is 0 Å². The molecule has 0 radical (unpaired) electrons. The van der Waals surface area contributed by atoms with Crippen LogP contribution in [0.2, 0.25) is 0 Å². The number of aromatic nitrogens is 2. The highest BCUT2D eigenvalue weighted by Crippen LogP contribution is 2.28. The number of nitrogens with zero attached hydrogens (tertiary/aromatic N) is 3. The maximum absolute atomic E-state index is 12.5. The number of hydrogen-bond acceptors (Lipinski definition) is 2. The Hall–Kier alpha value is -0.560. The molecule has 0 bridgehead atoms. The largest absolute Gasteiger partial charge is 0.401 e. The van der Waals surface area contributed by atoms with E-state index in [2.05, 4.69) is 21.0 Å². The summed E-state index contributed by atoms with van der Waals surface area (Å²) >= 11 is 3.20. The molecule has 0 aliphatic heterocycles. The lowest BCUT2D eigenvalue weighted by Crippen LogP contribution is -2.35. The van der Waals surface area contributed by atoms with E-state index in [9.17, 15) is 13.2 Å². The van der Waals surface area contributed by atoms with Gasteiger partial charge in [0.2, 0.25) is 0 Å². The molecule has 1 saturated carbocycles. The van der Waals surface area contributed by atoms with E-state index in [-0.39, 0.29) is 6.54 Å². The number of halogens is 4. The van der Waals surface area contributed by atoms with Crippen molar-refractivity contribution < 1.29 is 13.2 Å². The summed E-state index contributed by atoms with van der Waals surface area (Å²) in [5.41, 5.74) is 0.710. The Balaban J connectivity index is 1.95. The van der Waals surface area contributed by atoms with Gasteiger partial charge in [-0.1, -0.05) is 28.8 Å². The lowest BCUT2D eigenvalue weighted by Gasteiger charge is -2.21. The average Bonchev–Trinajstić information content (AvgIpc) is 2.96. The van der Waals surface area contributed by atoms with Gasteiger partial charge in [-0.2, -0.15) is 18.3 Å². The summed E-state index contributed by atoms with van der Waals surface area (Å²) in [7, 11) is 0. The quantitative estimate of drug-likeness (QED) is 0.726. The molecule has 1 aliphatic rings. The fourth-order valence-electron chi connectivity index (χ4n) is 2.65. The van der Waals surface area contributed by atoms with Crippen LogP contribution in [-0.4, -0.2) is 39.3 Å². The summed E-state index contributed by atoms with van der Waals surface area (Å²) in [6.45, 7) is -0.296. The van der Waals surface area contributed by atoms with Crippen LogP contribution in [0, 0.1) is 0 Å². The number of rotatable bonds is 6. The molecule has 3 nitrogen and oxygen atoms in total. The first-order valence-corrected chi connectivity index (χ1v) is 7.99. The van der Waals surface area contributed by atoms with Crippen molar-refractivity contribution in [3.8, 4) is 0 Å². The van der Waals surface area contributed by atoms with E-state index in [4.69, 9.17) is 0 Å². The molecule has 0 N–H and O–H groups in total. The fraction of sp³-hybridized carbons (Fsp3) is 0.769. The molecule has 2 rings (SSSR count). The van der Waals surface area contributed by atoms with Crippen LogP contribution < -0.4 is 0 Å². The third-order valence-corrected chi connectivity index (χ3v) is 3.91. The van der Waals surface area contributed by atoms with Gasteiger partial charge in [-0.3, -0.25) is 9.58 Å². The second-order valence-electron chi connectivity index (χ2n) is 5.24. The first-order chi connectivity index (χ1) is 9.48. The summed E-state index contributed by atoms with van der Waals surface area (Å²) in [6.07, 6.45) is 2.39. The Kier molecular flexibility index (Phi) is 5.49. The molecule has 7 heteroatoms. The van der Waals surface area contributed by atoms with Gasteiger partial charge in [0.05, 0.1) is 18.3 Å². The molecule has 1 aromatic heterocycles. The van der Waals surface area contributed by atoms with Crippen molar-refractivity contribution in [3.05, 3.63) is 18.0 Å². The highest BCUT2D eigenvalue weighted by Gasteiger charge is 2.30. The van der Waals surface area contributed by atoms with E-state index >= 15 is 0 Å². The molecule has 114 valence electrons. The van der Waals surface area contributed by atoms with Crippen LogP contribution in [0.25, 0.3) is 0 Å². The van der Waals surface area contributed by atoms with Crippen molar-refractivity contribution >= 4 is 15.9 Å². The molecule has 0 saturated heterocycles. The second kappa shape index (κ2) is 6.93. The van der Waals surface area contributed by atoms with Gasteiger partial charge < -0.3 is 0 Å². The molecule has 1 heterocycles. The molecule has 20 heavy (non-hydrogen) atoms. The van der Waals surface area contributed by atoms with Crippen LogP contribution in [0.15, 0.2) is 12.3 Å². The average molecular weight is 354 g/mol. The summed E-state index contributed by atoms with van der Waals surface area (Å²) in [4.78, 5) is 1.37. The smallest absolute Gasteiger partial charge is 0.288 e. The monoisotopic (exact) mass is 353 g/mol. The normalized spacial score (nSPS) is 17.2. The third kappa shape index (κ3) is 4.77. The maximum Gasteiger partial charge on any atom is 0.401 e. The zero-order valence-corrected chi connectivity index (χ0v) is 12.8. The van der Waals surface area contributed by atoms with Crippen LogP contribution in [0.4, 0.5) is 13.2 Å². The van der Waals surface area contributed by atoms with Crippen LogP contribution >= 0.6 is 15.9 Å². The first-order valence-electron chi connectivity index (χ1n) is 6.87. The topological polar surface area (TPSA) is 21.1 Å². The van der Waals surface area contributed by atoms with E-state index < -0.39 is 12.7 Å². The third-order valence-electron chi connectivity index (χ3n) is 3.55. The molecular weight excluding hydrogens is 335 g/mol. The number of alkyl halides is 4. The van der Waals surface area contributed by atoms with E-state index in [1.165, 1.54) is 17.7 Å². The van der Waals surface area contributed by atoms with Gasteiger partial charge in [-0.05, 0) is 18.9 Å². The molecule has 0 atom stereocenters. The highest BCUT2D eigenvalue weighted by molar-refractivity contribution is 9.09. The predicted octanol–water partition coefficient (Wildman–Crippen LogP) is 3.76. The first kappa shape index (κ1) is 15.8. The van der Waals surface area contributed by atoms with Crippen molar-refractivity contribution in [2.75, 3.05) is 18.4 Å². The molecular formula is C13H19BrF3N3. The van der Waals surface area contributed by atoms with Crippen molar-refractivity contribution in [3.63, 3.8) is 0 Å².